The van der Waals surface area contributed by atoms with Crippen LogP contribution in [0.25, 0.3) is 0 Å². The number of nitrogens with zero attached hydrogens (tertiary/aromatic N) is 1. The van der Waals surface area contributed by atoms with Gasteiger partial charge in [0.2, 0.25) is 11.8 Å². The van der Waals surface area contributed by atoms with E-state index in [0.717, 1.165) is 0 Å². The van der Waals surface area contributed by atoms with E-state index in [1.165, 1.54) is 4.90 Å². The van der Waals surface area contributed by atoms with E-state index in [1.807, 2.05) is 6.92 Å². The van der Waals surface area contributed by atoms with Crippen molar-refractivity contribution in [3.8, 4) is 0 Å². The van der Waals surface area contributed by atoms with E-state index < -0.39 is 6.04 Å². The van der Waals surface area contributed by atoms with Crippen molar-refractivity contribution >= 4 is 41.5 Å². The molecule has 0 aliphatic carbocycles. The van der Waals surface area contributed by atoms with E-state index in [4.69, 9.17) is 16.3 Å². The first kappa shape index (κ1) is 19.7. The predicted octanol–water partition coefficient (Wildman–Crippen LogP) is 1.54. The van der Waals surface area contributed by atoms with E-state index >= 15 is 0 Å². The number of benzene rings is 1. The van der Waals surface area contributed by atoms with Gasteiger partial charge in [0.25, 0.3) is 0 Å². The number of hydrogen-bond donors (Lipinski definition) is 2. The Kier molecular flexibility index (Phi) is 7.78. The lowest BCUT2D eigenvalue weighted by molar-refractivity contribution is -0.140. The lowest BCUT2D eigenvalue weighted by Crippen LogP contribution is -2.56. The molecule has 0 bridgehead atoms. The highest BCUT2D eigenvalue weighted by Gasteiger charge is 2.31. The molecule has 0 aromatic heterocycles. The Morgan fingerprint density at radius 3 is 2.87 bits per heavy atom. The van der Waals surface area contributed by atoms with Gasteiger partial charge in [-0.25, -0.2) is 0 Å². The molecule has 1 heterocycles. The molecule has 1 aromatic rings. The maximum Gasteiger partial charge on any atom is 0.243 e. The van der Waals surface area contributed by atoms with E-state index in [9.17, 15) is 9.59 Å². The SMILES string of the molecule is C[C@H]1OCCN[C@@H]1C(=O)N(C)CC(=O)Nc1cccc(Cl)c1.Cl. The Hall–Kier alpha value is -1.34. The zero-order valence-electron chi connectivity index (χ0n) is 13.0. The minimum absolute atomic E-state index is 0. The molecule has 23 heavy (non-hydrogen) atoms. The van der Waals surface area contributed by atoms with E-state index in [-0.39, 0.29) is 36.9 Å². The first-order chi connectivity index (χ1) is 10.5. The number of likely N-dealkylation sites (N-methyl/N-ethyl adjacent to an activating group) is 1. The molecular formula is C15H21Cl2N3O3. The zero-order valence-corrected chi connectivity index (χ0v) is 14.6. The Morgan fingerprint density at radius 1 is 1.48 bits per heavy atom. The van der Waals surface area contributed by atoms with Crippen molar-refractivity contribution in [1.82, 2.24) is 10.2 Å². The fourth-order valence-corrected chi connectivity index (χ4v) is 2.50. The van der Waals surface area contributed by atoms with Crippen LogP contribution in [-0.4, -0.2) is 55.6 Å². The van der Waals surface area contributed by atoms with Crippen molar-refractivity contribution < 1.29 is 14.3 Å². The summed E-state index contributed by atoms with van der Waals surface area (Å²) >= 11 is 5.86. The van der Waals surface area contributed by atoms with Crippen LogP contribution in [0.2, 0.25) is 5.02 Å². The minimum atomic E-state index is -0.419. The summed E-state index contributed by atoms with van der Waals surface area (Å²) in [6.07, 6.45) is -0.209. The Morgan fingerprint density at radius 2 is 2.22 bits per heavy atom. The summed E-state index contributed by atoms with van der Waals surface area (Å²) in [5, 5.41) is 6.37. The lowest BCUT2D eigenvalue weighted by Gasteiger charge is -2.32. The van der Waals surface area contributed by atoms with Crippen LogP contribution < -0.4 is 10.6 Å². The van der Waals surface area contributed by atoms with Crippen molar-refractivity contribution in [3.05, 3.63) is 29.3 Å². The third kappa shape index (κ3) is 5.66. The van der Waals surface area contributed by atoms with E-state index in [0.29, 0.717) is 23.9 Å². The molecule has 0 unspecified atom stereocenters. The van der Waals surface area contributed by atoms with Gasteiger partial charge in [0, 0.05) is 24.3 Å². The van der Waals surface area contributed by atoms with Crippen molar-refractivity contribution in [2.45, 2.75) is 19.1 Å². The number of morpholine rings is 1. The molecule has 1 aromatic carbocycles. The van der Waals surface area contributed by atoms with Crippen LogP contribution in [0.1, 0.15) is 6.92 Å². The second-order valence-corrected chi connectivity index (χ2v) is 5.70. The highest BCUT2D eigenvalue weighted by Crippen LogP contribution is 2.15. The van der Waals surface area contributed by atoms with Crippen LogP contribution in [0.4, 0.5) is 5.69 Å². The van der Waals surface area contributed by atoms with Gasteiger partial charge in [-0.2, -0.15) is 0 Å². The maximum absolute atomic E-state index is 12.3. The van der Waals surface area contributed by atoms with Crippen LogP contribution in [0, 0.1) is 0 Å². The summed E-state index contributed by atoms with van der Waals surface area (Å²) in [6.45, 7) is 3.03. The number of ether oxygens (including phenoxy) is 1. The van der Waals surface area contributed by atoms with Gasteiger partial charge in [-0.05, 0) is 25.1 Å². The molecule has 2 rings (SSSR count). The van der Waals surface area contributed by atoms with Gasteiger partial charge in [0.15, 0.2) is 0 Å². The topological polar surface area (TPSA) is 70.7 Å². The summed E-state index contributed by atoms with van der Waals surface area (Å²) in [5.41, 5.74) is 0.603. The highest BCUT2D eigenvalue weighted by molar-refractivity contribution is 6.30. The molecule has 2 atom stereocenters. The monoisotopic (exact) mass is 361 g/mol. The maximum atomic E-state index is 12.3. The van der Waals surface area contributed by atoms with Gasteiger partial charge >= 0.3 is 0 Å². The molecule has 0 saturated carbocycles. The molecule has 6 nitrogen and oxygen atoms in total. The lowest BCUT2D eigenvalue weighted by atomic mass is 10.1. The molecule has 8 heteroatoms. The number of carbonyl (C=O) groups excluding carboxylic acids is 2. The number of amides is 2. The van der Waals surface area contributed by atoms with Gasteiger partial charge in [0.05, 0.1) is 19.3 Å². The zero-order chi connectivity index (χ0) is 16.1. The first-order valence-corrected chi connectivity index (χ1v) is 7.50. The molecule has 1 saturated heterocycles. The van der Waals surface area contributed by atoms with Crippen LogP contribution >= 0.6 is 24.0 Å². The summed E-state index contributed by atoms with van der Waals surface area (Å²) < 4.78 is 5.45. The largest absolute Gasteiger partial charge is 0.375 e. The standard InChI is InChI=1S/C15H20ClN3O3.ClH/c1-10-14(17-6-7-22-10)15(21)19(2)9-13(20)18-12-5-3-4-11(16)8-12;/h3-5,8,10,14,17H,6-7,9H2,1-2H3,(H,18,20);1H/t10-,14+;/m1./s1. The van der Waals surface area contributed by atoms with Crippen molar-refractivity contribution in [2.75, 3.05) is 32.1 Å². The molecule has 1 aliphatic heterocycles. The van der Waals surface area contributed by atoms with Crippen molar-refractivity contribution in [1.29, 1.82) is 0 Å². The fraction of sp³-hybridized carbons (Fsp3) is 0.467. The second kappa shape index (κ2) is 9.08. The Balaban J connectivity index is 0.00000264. The van der Waals surface area contributed by atoms with Gasteiger partial charge in [-0.3, -0.25) is 9.59 Å². The molecule has 2 N–H and O–H groups in total. The molecule has 1 aliphatic rings. The number of anilines is 1. The molecule has 128 valence electrons. The van der Waals surface area contributed by atoms with Gasteiger partial charge < -0.3 is 20.3 Å². The number of rotatable bonds is 4. The molecule has 2 amide bonds. The van der Waals surface area contributed by atoms with E-state index in [1.54, 1.807) is 31.3 Å². The predicted molar refractivity (Wildman–Crippen MR) is 92.2 cm³/mol. The minimum Gasteiger partial charge on any atom is -0.375 e. The normalized spacial score (nSPS) is 20.3. The summed E-state index contributed by atoms with van der Waals surface area (Å²) in [4.78, 5) is 25.7. The van der Waals surface area contributed by atoms with E-state index in [2.05, 4.69) is 10.6 Å². The number of halogens is 2. The average Bonchev–Trinajstić information content (AvgIpc) is 2.46. The van der Waals surface area contributed by atoms with Crippen molar-refractivity contribution in [3.63, 3.8) is 0 Å². The number of nitrogens with one attached hydrogen (secondary N) is 2. The Bertz CT molecular complexity index is 557. The quantitative estimate of drug-likeness (QED) is 0.853. The molecule has 1 fully saturated rings. The second-order valence-electron chi connectivity index (χ2n) is 5.26. The van der Waals surface area contributed by atoms with Crippen LogP contribution in [0.5, 0.6) is 0 Å². The Labute approximate surface area is 146 Å². The number of hydrogen-bond acceptors (Lipinski definition) is 4. The van der Waals surface area contributed by atoms with Gasteiger partial charge in [0.1, 0.15) is 6.04 Å². The third-order valence-corrected chi connectivity index (χ3v) is 3.68. The molecule has 0 spiro atoms. The summed E-state index contributed by atoms with van der Waals surface area (Å²) in [6, 6.07) is 6.45. The summed E-state index contributed by atoms with van der Waals surface area (Å²) in [5.74, 6) is -0.434. The third-order valence-electron chi connectivity index (χ3n) is 3.45. The van der Waals surface area contributed by atoms with Crippen LogP contribution in [0.15, 0.2) is 24.3 Å². The molecular weight excluding hydrogens is 341 g/mol. The highest BCUT2D eigenvalue weighted by atomic mass is 35.5. The summed E-state index contributed by atoms with van der Waals surface area (Å²) in [7, 11) is 1.60. The smallest absolute Gasteiger partial charge is 0.243 e. The number of carbonyl (C=O) groups is 2. The van der Waals surface area contributed by atoms with Crippen LogP contribution in [0.3, 0.4) is 0 Å². The van der Waals surface area contributed by atoms with Gasteiger partial charge in [-0.1, -0.05) is 17.7 Å². The van der Waals surface area contributed by atoms with Crippen LogP contribution in [-0.2, 0) is 14.3 Å². The van der Waals surface area contributed by atoms with Gasteiger partial charge in [-0.15, -0.1) is 12.4 Å². The molecule has 0 radical (unpaired) electrons. The average molecular weight is 362 g/mol. The first-order valence-electron chi connectivity index (χ1n) is 7.13. The van der Waals surface area contributed by atoms with Crippen molar-refractivity contribution in [2.24, 2.45) is 0 Å². The fourth-order valence-electron chi connectivity index (χ4n) is 2.31.